The van der Waals surface area contributed by atoms with E-state index < -0.39 is 195 Å². The first-order valence-corrected chi connectivity index (χ1v) is 21.2. The van der Waals surface area contributed by atoms with Crippen molar-refractivity contribution >= 4 is 33.8 Å². The Labute approximate surface area is 413 Å². The molecular formula is C49H32BF24NO. The summed E-state index contributed by atoms with van der Waals surface area (Å²) in [6, 6.07) is 7.15. The minimum absolute atomic E-state index is 0.170. The third kappa shape index (κ3) is 13.8. The van der Waals surface area contributed by atoms with Gasteiger partial charge in [-0.1, -0.05) is 99.6 Å². The van der Waals surface area contributed by atoms with Gasteiger partial charge in [0, 0.05) is 23.1 Å². The molecule has 0 spiro atoms. The van der Waals surface area contributed by atoms with Crippen LogP contribution in [0.15, 0.2) is 128 Å². The van der Waals surface area contributed by atoms with Gasteiger partial charge in [-0.25, -0.2) is 0 Å². The number of aromatic nitrogens is 1. The number of benzene rings is 5. The minimum atomic E-state index is -6.13. The summed E-state index contributed by atoms with van der Waals surface area (Å²) < 4.78 is 343. The van der Waals surface area contributed by atoms with E-state index in [1.54, 1.807) is 0 Å². The monoisotopic (exact) mass is 1120 g/mol. The predicted octanol–water partition coefficient (Wildman–Crippen LogP) is 14.5. The lowest BCUT2D eigenvalue weighted by Crippen LogP contribution is -2.75. The van der Waals surface area contributed by atoms with Crippen LogP contribution in [0.3, 0.4) is 0 Å². The second kappa shape index (κ2) is 20.4. The van der Waals surface area contributed by atoms with Crippen LogP contribution in [0.5, 0.6) is 0 Å². The molecule has 0 saturated carbocycles. The van der Waals surface area contributed by atoms with Gasteiger partial charge >= 0.3 is 49.4 Å². The van der Waals surface area contributed by atoms with Crippen molar-refractivity contribution in [2.75, 3.05) is 0 Å². The fraction of sp³-hybridized carbons (Fsp3) is 0.265. The normalized spacial score (nSPS) is 13.6. The summed E-state index contributed by atoms with van der Waals surface area (Å²) in [5, 5.41) is 0. The number of pyridine rings is 1. The van der Waals surface area contributed by atoms with Gasteiger partial charge in [-0.2, -0.15) is 132 Å². The summed E-state index contributed by atoms with van der Waals surface area (Å²) >= 11 is 0. The molecule has 27 heteroatoms. The number of halogens is 24. The molecule has 0 atom stereocenters. The van der Waals surface area contributed by atoms with Crippen LogP contribution in [0.4, 0.5) is 105 Å². The van der Waals surface area contributed by atoms with Gasteiger partial charge in [0.1, 0.15) is 6.15 Å². The Kier molecular flexibility index (Phi) is 16.1. The maximum absolute atomic E-state index is 14.2. The van der Waals surface area contributed by atoms with Gasteiger partial charge in [0.2, 0.25) is 11.5 Å². The quantitative estimate of drug-likeness (QED) is 0.0675. The van der Waals surface area contributed by atoms with E-state index in [0.717, 1.165) is 12.2 Å². The molecule has 0 radical (unpaired) electrons. The second-order valence-electron chi connectivity index (χ2n) is 18.0. The van der Waals surface area contributed by atoms with E-state index in [4.69, 9.17) is 0 Å². The molecule has 0 amide bonds. The molecular weight excluding hydrogens is 1090 g/mol. The van der Waals surface area contributed by atoms with Crippen LogP contribution in [0.25, 0.3) is 0 Å². The van der Waals surface area contributed by atoms with Crippen LogP contribution in [-0.4, -0.2) is 11.9 Å². The predicted molar refractivity (Wildman–Crippen MR) is 226 cm³/mol. The van der Waals surface area contributed by atoms with Crippen molar-refractivity contribution in [3.63, 3.8) is 0 Å². The summed E-state index contributed by atoms with van der Waals surface area (Å²) in [5.41, 5.74) is -28.6. The fourth-order valence-corrected chi connectivity index (χ4v) is 8.06. The molecule has 0 bridgehead atoms. The summed E-state index contributed by atoms with van der Waals surface area (Å²) in [4.78, 5) is 12.5. The van der Waals surface area contributed by atoms with E-state index >= 15 is 0 Å². The number of rotatable bonds is 7. The highest BCUT2D eigenvalue weighted by atomic mass is 19.4. The molecule has 1 aromatic heterocycles. The third-order valence-electron chi connectivity index (χ3n) is 11.5. The molecule has 76 heavy (non-hydrogen) atoms. The Balaban J connectivity index is 0.000000468. The van der Waals surface area contributed by atoms with Crippen molar-refractivity contribution in [3.8, 4) is 0 Å². The molecule has 1 heterocycles. The van der Waals surface area contributed by atoms with Crippen molar-refractivity contribution in [1.82, 2.24) is 0 Å². The van der Waals surface area contributed by atoms with Crippen molar-refractivity contribution < 1.29 is 115 Å². The molecule has 5 aromatic carbocycles. The number of hydrogen-bond acceptors (Lipinski definition) is 1. The van der Waals surface area contributed by atoms with E-state index in [1.807, 2.05) is 67.9 Å². The average molecular weight is 1120 g/mol. The number of nitrogens with zero attached hydrogens (tertiary/aromatic N) is 1. The smallest absolute Gasteiger partial charge is 0.287 e. The topological polar surface area (TPSA) is 20.9 Å². The zero-order chi connectivity index (χ0) is 57.8. The Hall–Kier alpha value is -6.70. The van der Waals surface area contributed by atoms with Crippen molar-refractivity contribution in [2.45, 2.75) is 76.7 Å². The molecule has 0 aliphatic carbocycles. The highest BCUT2D eigenvalue weighted by Crippen LogP contribution is 2.41. The lowest BCUT2D eigenvalue weighted by molar-refractivity contribution is -0.690. The standard InChI is InChI=1S/C32H12BF24.C17H20NO/c34-25(35,36)13-1-14(26(37,38)39)6-21(5-13)33(22-7-15(27(40,41)42)2-16(8-22)28(43,44)45,23-9-17(29(46,47)48)3-18(10-23)30(49,50)51)24-11-19(31(52,53)54)4-20(12-24)32(55,56)57;1-17(2,3)16(19)15-11-7-8-12-18(15)13-14-9-5-4-6-10-14/h1-12H;4-12H,13H2,1-3H3/q-1;+1. The number of alkyl halides is 24. The summed E-state index contributed by atoms with van der Waals surface area (Å²) in [5.74, 6) is 0.170. The van der Waals surface area contributed by atoms with Crippen LogP contribution in [0, 0.1) is 5.41 Å². The van der Waals surface area contributed by atoms with Crippen molar-refractivity contribution in [1.29, 1.82) is 0 Å². The van der Waals surface area contributed by atoms with Crippen LogP contribution in [0.1, 0.15) is 81.3 Å². The number of Topliss-reactive ketones (excluding diaryl/α,β-unsaturated/α-hetero) is 1. The van der Waals surface area contributed by atoms with E-state index in [-0.39, 0.29) is 11.2 Å². The summed E-state index contributed by atoms with van der Waals surface area (Å²) in [6.07, 6.45) is -52.8. The molecule has 0 N–H and O–H groups in total. The first kappa shape index (κ1) is 60.2. The zero-order valence-corrected chi connectivity index (χ0v) is 38.3. The number of carbonyl (C=O) groups excluding carboxylic acids is 1. The lowest BCUT2D eigenvalue weighted by Gasteiger charge is -2.46. The fourth-order valence-electron chi connectivity index (χ4n) is 8.06. The maximum Gasteiger partial charge on any atom is 0.416 e. The highest BCUT2D eigenvalue weighted by Gasteiger charge is 2.47. The van der Waals surface area contributed by atoms with Gasteiger partial charge < -0.3 is 0 Å². The second-order valence-corrected chi connectivity index (χ2v) is 18.0. The van der Waals surface area contributed by atoms with Gasteiger partial charge in [-0.3, -0.25) is 4.79 Å². The Morgan fingerprint density at radius 2 is 0.592 bits per heavy atom. The molecule has 0 saturated heterocycles. The van der Waals surface area contributed by atoms with E-state index in [0.29, 0.717) is 0 Å². The van der Waals surface area contributed by atoms with Crippen LogP contribution in [0.2, 0.25) is 0 Å². The van der Waals surface area contributed by atoms with Crippen LogP contribution >= 0.6 is 0 Å². The first-order chi connectivity index (χ1) is 34.2. The Morgan fingerprint density at radius 3 is 0.816 bits per heavy atom. The molecule has 0 unspecified atom stereocenters. The molecule has 0 aliphatic rings. The SMILES string of the molecule is CC(C)(C)C(=O)c1cccc[n+]1Cc1ccccc1.FC(F)(F)c1cc([B-](c2cc(C(F)(F)F)cc(C(F)(F)F)c2)(c2cc(C(F)(F)F)cc(C(F)(F)F)c2)c2cc(C(F)(F)F)cc(C(F)(F)F)c2)cc(C(F)(F)F)c1. The molecule has 6 aromatic rings. The van der Waals surface area contributed by atoms with Crippen LogP contribution < -0.4 is 26.4 Å². The van der Waals surface area contributed by atoms with E-state index in [2.05, 4.69) is 12.1 Å². The van der Waals surface area contributed by atoms with E-state index in [1.165, 1.54) is 5.56 Å². The van der Waals surface area contributed by atoms with Crippen molar-refractivity contribution in [2.24, 2.45) is 5.41 Å². The van der Waals surface area contributed by atoms with Gasteiger partial charge in [0.15, 0.2) is 12.7 Å². The lowest BCUT2D eigenvalue weighted by atomic mass is 9.12. The van der Waals surface area contributed by atoms with Gasteiger partial charge in [0.25, 0.3) is 0 Å². The van der Waals surface area contributed by atoms with Gasteiger partial charge in [0.05, 0.1) is 44.5 Å². The van der Waals surface area contributed by atoms with Crippen LogP contribution in [-0.2, 0) is 56.0 Å². The van der Waals surface area contributed by atoms with Gasteiger partial charge in [-0.15, -0.1) is 0 Å². The number of carbonyl (C=O) groups is 1. The first-order valence-electron chi connectivity index (χ1n) is 21.2. The number of hydrogen-bond donors (Lipinski definition) is 0. The molecule has 2 nitrogen and oxygen atoms in total. The Morgan fingerprint density at radius 1 is 0.355 bits per heavy atom. The average Bonchev–Trinajstić information content (AvgIpc) is 3.27. The Bertz CT molecular complexity index is 2620. The van der Waals surface area contributed by atoms with E-state index in [9.17, 15) is 110 Å². The molecule has 410 valence electrons. The molecule has 0 fully saturated rings. The summed E-state index contributed by atoms with van der Waals surface area (Å²) in [6.45, 7) is 6.58. The number of ketones is 1. The van der Waals surface area contributed by atoms with Gasteiger partial charge in [-0.05, 0) is 30.3 Å². The largest absolute Gasteiger partial charge is 0.416 e. The minimum Gasteiger partial charge on any atom is -0.287 e. The third-order valence-corrected chi connectivity index (χ3v) is 11.5. The highest BCUT2D eigenvalue weighted by molar-refractivity contribution is 7.20. The summed E-state index contributed by atoms with van der Waals surface area (Å²) in [7, 11) is 0. The maximum atomic E-state index is 14.2. The molecule has 6 rings (SSSR count). The molecule has 0 aliphatic heterocycles. The zero-order valence-electron chi connectivity index (χ0n) is 38.3. The van der Waals surface area contributed by atoms with Crippen molar-refractivity contribution in [3.05, 3.63) is 183 Å².